The third-order valence-electron chi connectivity index (χ3n) is 6.34. The Bertz CT molecular complexity index is 673. The zero-order chi connectivity index (χ0) is 24.8. The monoisotopic (exact) mass is 482 g/mol. The zero-order valence-corrected chi connectivity index (χ0v) is 22.2. The first-order valence-electron chi connectivity index (χ1n) is 12.5. The number of hydrogen-bond acceptors (Lipinski definition) is 6. The van der Waals surface area contributed by atoms with Gasteiger partial charge in [0.2, 0.25) is 0 Å². The van der Waals surface area contributed by atoms with Gasteiger partial charge in [0.1, 0.15) is 17.4 Å². The number of phenols is 1. The molecule has 0 fully saturated rings. The van der Waals surface area contributed by atoms with Crippen molar-refractivity contribution in [1.82, 2.24) is 10.2 Å². The zero-order valence-electron chi connectivity index (χ0n) is 21.3. The maximum Gasteiger partial charge on any atom is 0.264 e. The molecule has 0 unspecified atom stereocenters. The Kier molecular flexibility index (Phi) is 14.8. The van der Waals surface area contributed by atoms with Crippen molar-refractivity contribution >= 4 is 17.9 Å². The van der Waals surface area contributed by atoms with E-state index in [9.17, 15) is 15.1 Å². The molecule has 5 atom stereocenters. The summed E-state index contributed by atoms with van der Waals surface area (Å²) in [5, 5.41) is 19.4. The second-order valence-corrected chi connectivity index (χ2v) is 10.7. The molecule has 0 aromatic heterocycles. The molecule has 0 radical (unpaired) electrons. The van der Waals surface area contributed by atoms with Crippen LogP contribution in [-0.4, -0.2) is 27.9 Å². The van der Waals surface area contributed by atoms with Crippen LogP contribution in [0.3, 0.4) is 0 Å². The number of benzene rings is 1. The number of aromatic hydroxyl groups is 1. The van der Waals surface area contributed by atoms with E-state index in [1.54, 1.807) is 18.2 Å². The van der Waals surface area contributed by atoms with Crippen molar-refractivity contribution in [3.8, 4) is 5.75 Å². The summed E-state index contributed by atoms with van der Waals surface area (Å²) >= 11 is 1.20. The van der Waals surface area contributed by atoms with Crippen LogP contribution in [0.2, 0.25) is 0 Å². The molecule has 190 valence electrons. The van der Waals surface area contributed by atoms with Crippen molar-refractivity contribution in [2.75, 3.05) is 0 Å². The SMILES string of the molecule is CC[C@H](C)CCC[C@H](C)CCC[C@H](C)[C@@H](O[C@H](NO)C(C)C)SNC(=O)c1ccccc1O. The third-order valence-corrected chi connectivity index (χ3v) is 7.45. The van der Waals surface area contributed by atoms with Crippen LogP contribution in [0.1, 0.15) is 96.8 Å². The Morgan fingerprint density at radius 3 is 2.18 bits per heavy atom. The highest BCUT2D eigenvalue weighted by Gasteiger charge is 2.26. The Morgan fingerprint density at radius 1 is 1.00 bits per heavy atom. The van der Waals surface area contributed by atoms with Gasteiger partial charge in [0, 0.05) is 0 Å². The molecule has 0 saturated carbocycles. The van der Waals surface area contributed by atoms with Crippen molar-refractivity contribution in [3.05, 3.63) is 29.8 Å². The van der Waals surface area contributed by atoms with Crippen LogP contribution in [0.15, 0.2) is 24.3 Å². The fraction of sp³-hybridized carbons (Fsp3) is 0.731. The summed E-state index contributed by atoms with van der Waals surface area (Å²) < 4.78 is 8.94. The van der Waals surface area contributed by atoms with E-state index in [4.69, 9.17) is 4.74 Å². The second-order valence-electron chi connectivity index (χ2n) is 9.82. The van der Waals surface area contributed by atoms with Crippen LogP contribution in [-0.2, 0) is 4.74 Å². The van der Waals surface area contributed by atoms with E-state index >= 15 is 0 Å². The molecule has 6 nitrogen and oxygen atoms in total. The lowest BCUT2D eigenvalue weighted by Gasteiger charge is -2.30. The van der Waals surface area contributed by atoms with Crippen LogP contribution in [0, 0.1) is 23.7 Å². The van der Waals surface area contributed by atoms with Gasteiger partial charge in [-0.1, -0.05) is 92.2 Å². The van der Waals surface area contributed by atoms with E-state index in [1.165, 1.54) is 50.1 Å². The van der Waals surface area contributed by atoms with E-state index in [1.807, 2.05) is 13.8 Å². The van der Waals surface area contributed by atoms with Crippen LogP contribution in [0.4, 0.5) is 0 Å². The largest absolute Gasteiger partial charge is 0.507 e. The van der Waals surface area contributed by atoms with Crippen molar-refractivity contribution in [2.24, 2.45) is 23.7 Å². The molecular formula is C26H46N2O4S. The van der Waals surface area contributed by atoms with Gasteiger partial charge in [0.15, 0.2) is 0 Å². The number of amides is 1. The number of ether oxygens (including phenoxy) is 1. The Labute approximate surface area is 205 Å². The number of phenolic OH excluding ortho intramolecular Hbond substituents is 1. The molecule has 1 aromatic rings. The van der Waals surface area contributed by atoms with Crippen molar-refractivity contribution in [3.63, 3.8) is 0 Å². The Hall–Kier alpha value is -1.28. The molecule has 0 heterocycles. The van der Waals surface area contributed by atoms with Gasteiger partial charge >= 0.3 is 0 Å². The van der Waals surface area contributed by atoms with Gasteiger partial charge in [0.05, 0.1) is 5.56 Å². The van der Waals surface area contributed by atoms with Crippen molar-refractivity contribution in [2.45, 2.75) is 98.2 Å². The first-order chi connectivity index (χ1) is 15.7. The number of carbonyl (C=O) groups is 1. The molecule has 33 heavy (non-hydrogen) atoms. The number of para-hydroxylation sites is 1. The Balaban J connectivity index is 2.61. The summed E-state index contributed by atoms with van der Waals surface area (Å²) in [4.78, 5) is 12.5. The molecule has 0 saturated heterocycles. The predicted octanol–water partition coefficient (Wildman–Crippen LogP) is 6.73. The summed E-state index contributed by atoms with van der Waals surface area (Å²) in [6, 6.07) is 6.47. The van der Waals surface area contributed by atoms with Crippen LogP contribution in [0.25, 0.3) is 0 Å². The van der Waals surface area contributed by atoms with Gasteiger partial charge < -0.3 is 15.1 Å². The molecule has 1 aromatic carbocycles. The summed E-state index contributed by atoms with van der Waals surface area (Å²) in [5.41, 5.74) is 2.12. The highest BCUT2D eigenvalue weighted by molar-refractivity contribution is 7.98. The number of carbonyl (C=O) groups excluding carboxylic acids is 1. The fourth-order valence-corrected chi connectivity index (χ4v) is 4.56. The number of rotatable bonds is 17. The number of hydrogen-bond donors (Lipinski definition) is 4. The fourth-order valence-electron chi connectivity index (χ4n) is 3.68. The summed E-state index contributed by atoms with van der Waals surface area (Å²) in [7, 11) is 0. The quantitative estimate of drug-likeness (QED) is 0.112. The second kappa shape index (κ2) is 16.4. The molecule has 1 rings (SSSR count). The number of nitrogens with one attached hydrogen (secondary N) is 2. The third kappa shape index (κ3) is 11.6. The van der Waals surface area contributed by atoms with Gasteiger partial charge in [-0.3, -0.25) is 9.52 Å². The lowest BCUT2D eigenvalue weighted by molar-refractivity contribution is -0.0970. The minimum atomic E-state index is -0.536. The maximum absolute atomic E-state index is 12.5. The molecule has 0 bridgehead atoms. The molecule has 7 heteroatoms. The predicted molar refractivity (Wildman–Crippen MR) is 137 cm³/mol. The van der Waals surface area contributed by atoms with Crippen LogP contribution < -0.4 is 10.2 Å². The molecule has 0 aliphatic heterocycles. The molecule has 0 aliphatic rings. The topological polar surface area (TPSA) is 90.8 Å². The van der Waals surface area contributed by atoms with Gasteiger partial charge in [0.25, 0.3) is 5.91 Å². The average Bonchev–Trinajstić information content (AvgIpc) is 2.78. The van der Waals surface area contributed by atoms with Crippen LogP contribution >= 0.6 is 11.9 Å². The van der Waals surface area contributed by atoms with E-state index in [2.05, 4.69) is 37.9 Å². The van der Waals surface area contributed by atoms with Crippen LogP contribution in [0.5, 0.6) is 5.75 Å². The molecule has 4 N–H and O–H groups in total. The van der Waals surface area contributed by atoms with E-state index < -0.39 is 6.23 Å². The molecular weight excluding hydrogens is 436 g/mol. The highest BCUT2D eigenvalue weighted by atomic mass is 32.2. The lowest BCUT2D eigenvalue weighted by atomic mass is 9.92. The van der Waals surface area contributed by atoms with E-state index in [0.29, 0.717) is 5.92 Å². The average molecular weight is 483 g/mol. The van der Waals surface area contributed by atoms with Gasteiger partial charge in [-0.2, -0.15) is 5.48 Å². The minimum Gasteiger partial charge on any atom is -0.507 e. The summed E-state index contributed by atoms with van der Waals surface area (Å²) in [5.74, 6) is 1.32. The first kappa shape index (κ1) is 29.8. The number of hydroxylamine groups is 1. The van der Waals surface area contributed by atoms with Gasteiger partial charge in [-0.05, 0) is 54.2 Å². The van der Waals surface area contributed by atoms with Gasteiger partial charge in [-0.25, -0.2) is 0 Å². The first-order valence-corrected chi connectivity index (χ1v) is 13.4. The van der Waals surface area contributed by atoms with E-state index in [-0.39, 0.29) is 34.5 Å². The molecule has 1 amide bonds. The molecule has 0 aliphatic carbocycles. The molecule has 0 spiro atoms. The summed E-state index contributed by atoms with van der Waals surface area (Å²) in [6.45, 7) is 13.0. The maximum atomic E-state index is 12.5. The summed E-state index contributed by atoms with van der Waals surface area (Å²) in [6.07, 6.45) is 7.84. The minimum absolute atomic E-state index is 0.0551. The smallest absolute Gasteiger partial charge is 0.264 e. The van der Waals surface area contributed by atoms with Crippen molar-refractivity contribution in [1.29, 1.82) is 0 Å². The van der Waals surface area contributed by atoms with E-state index in [0.717, 1.165) is 18.8 Å². The normalized spacial score (nSPS) is 16.2. The standard InChI is InChI=1S/C26H46N2O4S/c1-7-19(4)12-10-13-20(5)14-11-15-21(6)26(32-25(27-31)18(2)3)33-28-24(30)22-16-8-9-17-23(22)29/h8-9,16-21,25-27,29,31H,7,10-15H2,1-6H3,(H,28,30)/t19-,20-,21-,25-,26-/m0/s1. The highest BCUT2D eigenvalue weighted by Crippen LogP contribution is 2.28. The van der Waals surface area contributed by atoms with Gasteiger partial charge in [-0.15, -0.1) is 0 Å². The van der Waals surface area contributed by atoms with Crippen molar-refractivity contribution < 1.29 is 19.8 Å². The Morgan fingerprint density at radius 2 is 1.61 bits per heavy atom. The lowest BCUT2D eigenvalue weighted by Crippen LogP contribution is -2.39.